The van der Waals surface area contributed by atoms with Crippen LogP contribution in [0, 0.1) is 29.1 Å². The molecule has 0 fully saturated rings. The van der Waals surface area contributed by atoms with Crippen LogP contribution in [0.2, 0.25) is 0 Å². The van der Waals surface area contributed by atoms with Crippen molar-refractivity contribution in [1.82, 2.24) is 4.98 Å². The Hall–Kier alpha value is -1.70. The predicted molar refractivity (Wildman–Crippen MR) is 60.5 cm³/mol. The van der Waals surface area contributed by atoms with E-state index in [4.69, 9.17) is 0 Å². The summed E-state index contributed by atoms with van der Waals surface area (Å²) in [6.45, 7) is 0.00207. The Balaban J connectivity index is 2.16. The van der Waals surface area contributed by atoms with E-state index in [0.717, 1.165) is 0 Å². The summed E-state index contributed by atoms with van der Waals surface area (Å²) in [7, 11) is 0. The molecule has 1 aromatic carbocycles. The van der Waals surface area contributed by atoms with Gasteiger partial charge in [0.2, 0.25) is 5.82 Å². The monoisotopic (exact) mass is 294 g/mol. The van der Waals surface area contributed by atoms with Crippen LogP contribution in [-0.2, 0) is 6.42 Å². The first-order chi connectivity index (χ1) is 9.02. The lowest BCUT2D eigenvalue weighted by molar-refractivity contribution is 0.381. The molecule has 0 amide bonds. The number of halogens is 5. The molecule has 8 heteroatoms. The van der Waals surface area contributed by atoms with E-state index in [9.17, 15) is 22.0 Å². The minimum absolute atomic E-state index is 0.00207. The number of rotatable bonds is 4. The maximum Gasteiger partial charge on any atom is 0.200 e. The highest BCUT2D eigenvalue weighted by molar-refractivity contribution is 7.07. The van der Waals surface area contributed by atoms with E-state index < -0.39 is 34.8 Å². The fourth-order valence-corrected chi connectivity index (χ4v) is 2.03. The van der Waals surface area contributed by atoms with Gasteiger partial charge in [-0.25, -0.2) is 26.9 Å². The van der Waals surface area contributed by atoms with Crippen LogP contribution < -0.4 is 5.32 Å². The van der Waals surface area contributed by atoms with Gasteiger partial charge in [-0.2, -0.15) is 0 Å². The summed E-state index contributed by atoms with van der Waals surface area (Å²) in [5, 5.41) is 3.92. The molecular formula is C11H7F5N2S. The molecule has 2 rings (SSSR count). The lowest BCUT2D eigenvalue weighted by Gasteiger charge is -2.10. The molecule has 2 aromatic rings. The molecule has 2 nitrogen and oxygen atoms in total. The van der Waals surface area contributed by atoms with Gasteiger partial charge in [0.25, 0.3) is 0 Å². The first-order valence-corrected chi connectivity index (χ1v) is 6.09. The Labute approximate surface area is 108 Å². The van der Waals surface area contributed by atoms with Gasteiger partial charge in [0.1, 0.15) is 5.69 Å². The first kappa shape index (κ1) is 13.7. The van der Waals surface area contributed by atoms with Crippen molar-refractivity contribution in [1.29, 1.82) is 0 Å². The summed E-state index contributed by atoms with van der Waals surface area (Å²) < 4.78 is 65.1. The van der Waals surface area contributed by atoms with Crippen molar-refractivity contribution >= 4 is 17.0 Å². The number of thiazole rings is 1. The van der Waals surface area contributed by atoms with Crippen LogP contribution in [0.4, 0.5) is 27.6 Å². The molecule has 0 saturated carbocycles. The number of anilines is 1. The summed E-state index contributed by atoms with van der Waals surface area (Å²) in [6, 6.07) is 0. The zero-order chi connectivity index (χ0) is 14.0. The van der Waals surface area contributed by atoms with Gasteiger partial charge in [-0.3, -0.25) is 0 Å². The second-order valence-corrected chi connectivity index (χ2v) is 4.32. The Morgan fingerprint density at radius 3 is 2.05 bits per heavy atom. The highest BCUT2D eigenvalue weighted by Gasteiger charge is 2.25. The van der Waals surface area contributed by atoms with Gasteiger partial charge < -0.3 is 5.32 Å². The fraction of sp³-hybridized carbons (Fsp3) is 0.182. The lowest BCUT2D eigenvalue weighted by atomic mass is 10.2. The van der Waals surface area contributed by atoms with Crippen LogP contribution >= 0.6 is 11.3 Å². The molecule has 0 spiro atoms. The van der Waals surface area contributed by atoms with Crippen LogP contribution in [-0.4, -0.2) is 11.5 Å². The summed E-state index contributed by atoms with van der Waals surface area (Å²) in [6.07, 6.45) is 0.309. The van der Waals surface area contributed by atoms with E-state index in [1.807, 2.05) is 0 Å². The molecule has 0 bridgehead atoms. The SMILES string of the molecule is Fc1c(F)c(F)c(NCCc2cscn2)c(F)c1F. The van der Waals surface area contributed by atoms with Gasteiger partial charge in [-0.15, -0.1) is 11.3 Å². The van der Waals surface area contributed by atoms with Crippen molar-refractivity contribution in [3.05, 3.63) is 45.7 Å². The molecule has 1 N–H and O–H groups in total. The number of aromatic nitrogens is 1. The Morgan fingerprint density at radius 1 is 0.947 bits per heavy atom. The maximum absolute atomic E-state index is 13.3. The van der Waals surface area contributed by atoms with Gasteiger partial charge in [0.15, 0.2) is 23.3 Å². The molecule has 0 aliphatic rings. The molecule has 1 heterocycles. The maximum atomic E-state index is 13.3. The lowest BCUT2D eigenvalue weighted by Crippen LogP contribution is -2.12. The van der Waals surface area contributed by atoms with E-state index in [0.29, 0.717) is 12.1 Å². The molecule has 0 radical (unpaired) electrons. The third-order valence-electron chi connectivity index (χ3n) is 2.38. The van der Waals surface area contributed by atoms with Crippen molar-refractivity contribution < 1.29 is 22.0 Å². The topological polar surface area (TPSA) is 24.9 Å². The van der Waals surface area contributed by atoms with Crippen LogP contribution in [0.15, 0.2) is 10.9 Å². The zero-order valence-corrected chi connectivity index (χ0v) is 10.1. The molecule has 102 valence electrons. The average molecular weight is 294 g/mol. The molecule has 0 atom stereocenters. The molecular weight excluding hydrogens is 287 g/mol. The van der Waals surface area contributed by atoms with E-state index >= 15 is 0 Å². The van der Waals surface area contributed by atoms with Gasteiger partial charge >= 0.3 is 0 Å². The van der Waals surface area contributed by atoms with E-state index in [1.165, 1.54) is 11.3 Å². The van der Waals surface area contributed by atoms with Crippen LogP contribution in [0.1, 0.15) is 5.69 Å². The molecule has 19 heavy (non-hydrogen) atoms. The molecule has 0 unspecified atom stereocenters. The van der Waals surface area contributed by atoms with Gasteiger partial charge in [0, 0.05) is 18.3 Å². The third-order valence-corrected chi connectivity index (χ3v) is 3.01. The number of nitrogens with zero attached hydrogens (tertiary/aromatic N) is 1. The summed E-state index contributed by atoms with van der Waals surface area (Å²) in [4.78, 5) is 3.92. The first-order valence-electron chi connectivity index (χ1n) is 5.14. The number of benzene rings is 1. The second kappa shape index (κ2) is 5.52. The number of hydrogen-bond donors (Lipinski definition) is 1. The van der Waals surface area contributed by atoms with Crippen molar-refractivity contribution in [2.24, 2.45) is 0 Å². The number of nitrogens with one attached hydrogen (secondary N) is 1. The van der Waals surface area contributed by atoms with Crippen molar-refractivity contribution in [2.75, 3.05) is 11.9 Å². The summed E-state index contributed by atoms with van der Waals surface area (Å²) in [5.74, 6) is -9.82. The van der Waals surface area contributed by atoms with Crippen molar-refractivity contribution in [3.63, 3.8) is 0 Å². The van der Waals surface area contributed by atoms with Gasteiger partial charge in [-0.05, 0) is 0 Å². The van der Waals surface area contributed by atoms with Crippen LogP contribution in [0.25, 0.3) is 0 Å². The highest BCUT2D eigenvalue weighted by Crippen LogP contribution is 2.26. The summed E-state index contributed by atoms with van der Waals surface area (Å²) in [5.41, 5.74) is 1.22. The van der Waals surface area contributed by atoms with Crippen molar-refractivity contribution in [3.8, 4) is 0 Å². The highest BCUT2D eigenvalue weighted by atomic mass is 32.1. The smallest absolute Gasteiger partial charge is 0.200 e. The van der Waals surface area contributed by atoms with Crippen LogP contribution in [0.5, 0.6) is 0 Å². The minimum Gasteiger partial charge on any atom is -0.380 e. The predicted octanol–water partition coefficient (Wildman–Crippen LogP) is 3.49. The zero-order valence-electron chi connectivity index (χ0n) is 9.31. The Bertz CT molecular complexity index is 556. The molecule has 1 aromatic heterocycles. The van der Waals surface area contributed by atoms with E-state index in [-0.39, 0.29) is 6.54 Å². The molecule has 0 aliphatic carbocycles. The third kappa shape index (κ3) is 2.67. The minimum atomic E-state index is -2.17. The molecule has 0 aliphatic heterocycles. The van der Waals surface area contributed by atoms with E-state index in [2.05, 4.69) is 10.3 Å². The van der Waals surface area contributed by atoms with Crippen LogP contribution in [0.3, 0.4) is 0 Å². The Morgan fingerprint density at radius 2 is 1.53 bits per heavy atom. The second-order valence-electron chi connectivity index (χ2n) is 3.60. The number of hydrogen-bond acceptors (Lipinski definition) is 3. The normalized spacial score (nSPS) is 10.8. The quantitative estimate of drug-likeness (QED) is 0.530. The Kier molecular flexibility index (Phi) is 3.98. The van der Waals surface area contributed by atoms with E-state index in [1.54, 1.807) is 10.9 Å². The average Bonchev–Trinajstić information content (AvgIpc) is 2.91. The van der Waals surface area contributed by atoms with Gasteiger partial charge in [0.05, 0.1) is 11.2 Å². The molecule has 0 saturated heterocycles. The standard InChI is InChI=1S/C11H7F5N2S/c12-6-7(13)9(15)11(10(16)8(6)14)17-2-1-5-3-19-4-18-5/h3-4,17H,1-2H2. The van der Waals surface area contributed by atoms with Gasteiger partial charge in [-0.1, -0.05) is 0 Å². The van der Waals surface area contributed by atoms with Crippen molar-refractivity contribution in [2.45, 2.75) is 6.42 Å². The fourth-order valence-electron chi connectivity index (χ4n) is 1.44. The largest absolute Gasteiger partial charge is 0.380 e. The summed E-state index contributed by atoms with van der Waals surface area (Å²) >= 11 is 1.34.